The minimum absolute atomic E-state index is 0.146. The number of carbonyl (C=O) groups is 1. The van der Waals surface area contributed by atoms with Crippen LogP contribution in [0.3, 0.4) is 0 Å². The summed E-state index contributed by atoms with van der Waals surface area (Å²) in [5.74, 6) is 2.04. The SMILES string of the molecule is CCOc1ccc(C2=C/C(=C3/N=C(c4ccco4)OC3=O)c3ccccc3O2)cc1. The molecule has 0 radical (unpaired) electrons. The van der Waals surface area contributed by atoms with Gasteiger partial charge in [-0.2, -0.15) is 0 Å². The van der Waals surface area contributed by atoms with Crippen molar-refractivity contribution in [3.05, 3.63) is 95.6 Å². The summed E-state index contributed by atoms with van der Waals surface area (Å²) in [5.41, 5.74) is 2.46. The molecule has 3 aromatic rings. The van der Waals surface area contributed by atoms with Crippen molar-refractivity contribution in [3.63, 3.8) is 0 Å². The molecule has 0 saturated heterocycles. The van der Waals surface area contributed by atoms with E-state index in [-0.39, 0.29) is 11.6 Å². The highest BCUT2D eigenvalue weighted by Crippen LogP contribution is 2.40. The van der Waals surface area contributed by atoms with Crippen molar-refractivity contribution < 1.29 is 23.4 Å². The molecule has 2 aromatic carbocycles. The topological polar surface area (TPSA) is 70.3 Å². The maximum atomic E-state index is 12.6. The molecule has 5 rings (SSSR count). The first-order valence-electron chi connectivity index (χ1n) is 9.54. The number of hydrogen-bond donors (Lipinski definition) is 0. The summed E-state index contributed by atoms with van der Waals surface area (Å²) in [4.78, 5) is 17.0. The Morgan fingerprint density at radius 2 is 1.80 bits per heavy atom. The van der Waals surface area contributed by atoms with Crippen molar-refractivity contribution >= 4 is 23.2 Å². The van der Waals surface area contributed by atoms with Crippen molar-refractivity contribution in [1.29, 1.82) is 0 Å². The number of furan rings is 1. The Kier molecular flexibility index (Phi) is 4.44. The maximum absolute atomic E-state index is 12.6. The van der Waals surface area contributed by atoms with Crippen LogP contribution in [-0.2, 0) is 9.53 Å². The second-order valence-electron chi connectivity index (χ2n) is 6.61. The third-order valence-corrected chi connectivity index (χ3v) is 4.71. The van der Waals surface area contributed by atoms with E-state index in [4.69, 9.17) is 18.6 Å². The van der Waals surface area contributed by atoms with Gasteiger partial charge in [0, 0.05) is 16.7 Å². The second-order valence-corrected chi connectivity index (χ2v) is 6.61. The molecule has 2 aliphatic rings. The monoisotopic (exact) mass is 399 g/mol. The molecule has 148 valence electrons. The van der Waals surface area contributed by atoms with Gasteiger partial charge < -0.3 is 18.6 Å². The van der Waals surface area contributed by atoms with Gasteiger partial charge in [-0.05, 0) is 55.5 Å². The molecule has 0 amide bonds. The van der Waals surface area contributed by atoms with Gasteiger partial charge >= 0.3 is 5.97 Å². The molecule has 2 aliphatic heterocycles. The third kappa shape index (κ3) is 3.18. The molecule has 0 saturated carbocycles. The minimum atomic E-state index is -0.532. The number of rotatable bonds is 4. The van der Waals surface area contributed by atoms with Crippen LogP contribution < -0.4 is 9.47 Å². The minimum Gasteiger partial charge on any atom is -0.494 e. The fourth-order valence-corrected chi connectivity index (χ4v) is 3.34. The van der Waals surface area contributed by atoms with Gasteiger partial charge in [-0.1, -0.05) is 18.2 Å². The summed E-state index contributed by atoms with van der Waals surface area (Å²) < 4.78 is 22.3. The van der Waals surface area contributed by atoms with Gasteiger partial charge in [0.25, 0.3) is 5.90 Å². The van der Waals surface area contributed by atoms with Gasteiger partial charge in [0.05, 0.1) is 12.9 Å². The highest BCUT2D eigenvalue weighted by molar-refractivity contribution is 6.15. The van der Waals surface area contributed by atoms with Crippen molar-refractivity contribution in [3.8, 4) is 11.5 Å². The Morgan fingerprint density at radius 1 is 0.967 bits per heavy atom. The lowest BCUT2D eigenvalue weighted by Crippen LogP contribution is -2.08. The highest BCUT2D eigenvalue weighted by Gasteiger charge is 2.31. The first-order chi connectivity index (χ1) is 14.7. The average molecular weight is 399 g/mol. The Balaban J connectivity index is 1.62. The molecule has 0 fully saturated rings. The van der Waals surface area contributed by atoms with Crippen LogP contribution in [0.1, 0.15) is 23.8 Å². The van der Waals surface area contributed by atoms with E-state index in [1.807, 2.05) is 61.5 Å². The third-order valence-electron chi connectivity index (χ3n) is 4.71. The number of benzene rings is 2. The predicted octanol–water partition coefficient (Wildman–Crippen LogP) is 4.83. The lowest BCUT2D eigenvalue weighted by molar-refractivity contribution is -0.130. The Morgan fingerprint density at radius 3 is 2.57 bits per heavy atom. The van der Waals surface area contributed by atoms with Gasteiger partial charge in [-0.3, -0.25) is 0 Å². The van der Waals surface area contributed by atoms with Crippen molar-refractivity contribution in [2.24, 2.45) is 4.99 Å². The first-order valence-corrected chi connectivity index (χ1v) is 9.54. The fourth-order valence-electron chi connectivity index (χ4n) is 3.34. The van der Waals surface area contributed by atoms with Crippen molar-refractivity contribution in [2.75, 3.05) is 6.61 Å². The molecular formula is C24H17NO5. The smallest absolute Gasteiger partial charge is 0.364 e. The van der Waals surface area contributed by atoms with Crippen LogP contribution in [0.5, 0.6) is 11.5 Å². The molecule has 6 nitrogen and oxygen atoms in total. The first kappa shape index (κ1) is 18.0. The van der Waals surface area contributed by atoms with E-state index < -0.39 is 5.97 Å². The number of ether oxygens (including phenoxy) is 3. The van der Waals surface area contributed by atoms with E-state index in [1.165, 1.54) is 6.26 Å². The van der Waals surface area contributed by atoms with Crippen molar-refractivity contribution in [2.45, 2.75) is 6.92 Å². The van der Waals surface area contributed by atoms with Gasteiger partial charge in [0.1, 0.15) is 17.3 Å². The summed E-state index contributed by atoms with van der Waals surface area (Å²) in [6.07, 6.45) is 3.31. The predicted molar refractivity (Wildman–Crippen MR) is 111 cm³/mol. The number of aliphatic imine (C=N–C) groups is 1. The van der Waals surface area contributed by atoms with E-state index in [9.17, 15) is 4.79 Å². The molecule has 0 aliphatic carbocycles. The second kappa shape index (κ2) is 7.40. The Labute approximate surface area is 172 Å². The summed E-state index contributed by atoms with van der Waals surface area (Å²) in [7, 11) is 0. The maximum Gasteiger partial charge on any atom is 0.364 e. The molecular weight excluding hydrogens is 382 g/mol. The highest BCUT2D eigenvalue weighted by atomic mass is 16.6. The Hall–Kier alpha value is -4.06. The van der Waals surface area contributed by atoms with Crippen LogP contribution in [0.15, 0.2) is 88.1 Å². The van der Waals surface area contributed by atoms with Gasteiger partial charge in [0.15, 0.2) is 11.5 Å². The van der Waals surface area contributed by atoms with Gasteiger partial charge in [-0.15, -0.1) is 0 Å². The number of esters is 1. The van der Waals surface area contributed by atoms with Crippen LogP contribution in [0.25, 0.3) is 11.3 Å². The van der Waals surface area contributed by atoms with Crippen molar-refractivity contribution in [1.82, 2.24) is 0 Å². The summed E-state index contributed by atoms with van der Waals surface area (Å²) >= 11 is 0. The molecule has 0 spiro atoms. The largest absolute Gasteiger partial charge is 0.494 e. The zero-order valence-electron chi connectivity index (χ0n) is 16.1. The van der Waals surface area contributed by atoms with Crippen LogP contribution in [0.2, 0.25) is 0 Å². The molecule has 1 aromatic heterocycles. The molecule has 30 heavy (non-hydrogen) atoms. The lowest BCUT2D eigenvalue weighted by Gasteiger charge is -2.20. The van der Waals surface area contributed by atoms with E-state index in [1.54, 1.807) is 12.1 Å². The zero-order valence-corrected chi connectivity index (χ0v) is 16.1. The number of nitrogens with zero attached hydrogens (tertiary/aromatic N) is 1. The van der Waals surface area contributed by atoms with Crippen LogP contribution in [-0.4, -0.2) is 18.5 Å². The number of hydrogen-bond acceptors (Lipinski definition) is 6. The van der Waals surface area contributed by atoms with Crippen LogP contribution >= 0.6 is 0 Å². The molecule has 3 heterocycles. The van der Waals surface area contributed by atoms with E-state index in [0.717, 1.165) is 16.9 Å². The average Bonchev–Trinajstić information content (AvgIpc) is 3.44. The number of allylic oxidation sites excluding steroid dienone is 2. The van der Waals surface area contributed by atoms with Crippen LogP contribution in [0.4, 0.5) is 0 Å². The zero-order chi connectivity index (χ0) is 20.5. The number of fused-ring (bicyclic) bond motifs is 1. The van der Waals surface area contributed by atoms with Gasteiger partial charge in [0.2, 0.25) is 0 Å². The molecule has 0 N–H and O–H groups in total. The fraction of sp³-hybridized carbons (Fsp3) is 0.0833. The summed E-state index contributed by atoms with van der Waals surface area (Å²) in [5, 5.41) is 0. The standard InChI is InChI=1S/C24H17NO5/c1-2-27-16-11-9-15(10-12-16)21-14-18(17-6-3-4-7-19(17)29-21)22-24(26)30-23(25-22)20-8-5-13-28-20/h3-14H,2H2,1H3/b22-18-. The molecule has 0 atom stereocenters. The number of cyclic esters (lactones) is 1. The lowest BCUT2D eigenvalue weighted by atomic mass is 9.97. The Bertz CT molecular complexity index is 1200. The number of carbonyl (C=O) groups excluding carboxylic acids is 1. The van der Waals surface area contributed by atoms with E-state index in [0.29, 0.717) is 29.4 Å². The molecule has 6 heteroatoms. The molecule has 0 unspecified atom stereocenters. The summed E-state index contributed by atoms with van der Waals surface area (Å²) in [6.45, 7) is 2.54. The quantitative estimate of drug-likeness (QED) is 0.464. The van der Waals surface area contributed by atoms with Crippen LogP contribution in [0, 0.1) is 0 Å². The van der Waals surface area contributed by atoms with E-state index >= 15 is 0 Å². The normalized spacial score (nSPS) is 17.6. The number of para-hydroxylation sites is 1. The molecule has 0 bridgehead atoms. The summed E-state index contributed by atoms with van der Waals surface area (Å²) in [6, 6.07) is 18.5. The van der Waals surface area contributed by atoms with Gasteiger partial charge in [-0.25, -0.2) is 9.79 Å². The van der Waals surface area contributed by atoms with E-state index in [2.05, 4.69) is 4.99 Å².